The van der Waals surface area contributed by atoms with Crippen molar-refractivity contribution in [3.63, 3.8) is 0 Å². The SMILES string of the molecule is Cc1ccnc(C=Cc2nc(C=Cc3cc(C)ccn3)c(C=Cc3cc(C)ccn3)nc2C=Cc2cc(C)ccn2)c1. The third-order valence-corrected chi connectivity index (χ3v) is 6.40. The van der Waals surface area contributed by atoms with Crippen LogP contribution < -0.4 is 0 Å². The molecule has 5 heterocycles. The Balaban J connectivity index is 1.63. The molecule has 5 aromatic rings. The second kappa shape index (κ2) is 13.3. The molecule has 0 atom stereocenters. The minimum atomic E-state index is 0.713. The molecule has 0 saturated carbocycles. The molecule has 0 aliphatic carbocycles. The number of rotatable bonds is 8. The maximum atomic E-state index is 5.07. The summed E-state index contributed by atoms with van der Waals surface area (Å²) in [7, 11) is 0. The van der Waals surface area contributed by atoms with E-state index in [-0.39, 0.29) is 0 Å². The summed E-state index contributed by atoms with van der Waals surface area (Å²) >= 11 is 0. The van der Waals surface area contributed by atoms with Crippen LogP contribution in [0, 0.1) is 27.7 Å². The Labute approximate surface area is 247 Å². The minimum Gasteiger partial charge on any atom is -0.257 e. The summed E-state index contributed by atoms with van der Waals surface area (Å²) in [5.74, 6) is 0. The fourth-order valence-corrected chi connectivity index (χ4v) is 4.24. The van der Waals surface area contributed by atoms with Crippen LogP contribution in [0.1, 0.15) is 67.8 Å². The average Bonchev–Trinajstić information content (AvgIpc) is 2.97. The van der Waals surface area contributed by atoms with E-state index in [9.17, 15) is 0 Å². The normalized spacial score (nSPS) is 11.9. The van der Waals surface area contributed by atoms with Crippen molar-refractivity contribution in [2.24, 2.45) is 0 Å². The van der Waals surface area contributed by atoms with Crippen molar-refractivity contribution in [2.45, 2.75) is 27.7 Å². The quantitative estimate of drug-likeness (QED) is 0.196. The van der Waals surface area contributed by atoms with Crippen molar-refractivity contribution in [3.8, 4) is 0 Å². The minimum absolute atomic E-state index is 0.713. The Kier molecular flexibility index (Phi) is 8.94. The average molecular weight is 549 g/mol. The van der Waals surface area contributed by atoms with E-state index in [1.807, 2.05) is 125 Å². The van der Waals surface area contributed by atoms with E-state index in [0.717, 1.165) is 45.0 Å². The topological polar surface area (TPSA) is 77.3 Å². The predicted octanol–water partition coefficient (Wildman–Crippen LogP) is 7.97. The van der Waals surface area contributed by atoms with Crippen molar-refractivity contribution in [2.75, 3.05) is 0 Å². The molecule has 0 unspecified atom stereocenters. The van der Waals surface area contributed by atoms with Crippen molar-refractivity contribution in [1.82, 2.24) is 29.9 Å². The lowest BCUT2D eigenvalue weighted by atomic mass is 10.1. The summed E-state index contributed by atoms with van der Waals surface area (Å²) in [6, 6.07) is 16.1. The van der Waals surface area contributed by atoms with Gasteiger partial charge in [-0.2, -0.15) is 0 Å². The molecule has 0 saturated heterocycles. The highest BCUT2D eigenvalue weighted by molar-refractivity contribution is 5.80. The maximum absolute atomic E-state index is 5.07. The monoisotopic (exact) mass is 548 g/mol. The van der Waals surface area contributed by atoms with Crippen LogP contribution in [0.25, 0.3) is 48.6 Å². The molecule has 0 spiro atoms. The van der Waals surface area contributed by atoms with Gasteiger partial charge in [-0.25, -0.2) is 9.97 Å². The van der Waals surface area contributed by atoms with Gasteiger partial charge in [-0.05, 0) is 147 Å². The summed E-state index contributed by atoms with van der Waals surface area (Å²) in [4.78, 5) is 28.1. The Morgan fingerprint density at radius 2 is 0.595 bits per heavy atom. The summed E-state index contributed by atoms with van der Waals surface area (Å²) in [5, 5.41) is 0. The van der Waals surface area contributed by atoms with Gasteiger partial charge in [0, 0.05) is 24.8 Å². The lowest BCUT2D eigenvalue weighted by molar-refractivity contribution is 1.12. The van der Waals surface area contributed by atoms with Crippen LogP contribution >= 0.6 is 0 Å². The van der Waals surface area contributed by atoms with E-state index in [4.69, 9.17) is 9.97 Å². The van der Waals surface area contributed by atoms with Gasteiger partial charge < -0.3 is 0 Å². The highest BCUT2D eigenvalue weighted by Crippen LogP contribution is 2.20. The molecule has 0 aliphatic rings. The zero-order chi connectivity index (χ0) is 29.3. The van der Waals surface area contributed by atoms with Crippen LogP contribution in [0.2, 0.25) is 0 Å². The standard InChI is InChI=1S/C36H32N6/c1-25-13-17-37-29(21-25)5-9-33-34(10-6-30-22-26(2)14-18-38-30)42-36(12-8-32-24-28(4)16-20-40-32)35(41-33)11-7-31-23-27(3)15-19-39-31/h5-24H,1-4H3. The highest BCUT2D eigenvalue weighted by Gasteiger charge is 2.09. The maximum Gasteiger partial charge on any atom is 0.0895 e. The van der Waals surface area contributed by atoms with Crippen LogP contribution in [-0.2, 0) is 0 Å². The van der Waals surface area contributed by atoms with E-state index in [0.29, 0.717) is 22.8 Å². The fourth-order valence-electron chi connectivity index (χ4n) is 4.24. The first-order valence-corrected chi connectivity index (χ1v) is 13.8. The molecule has 0 amide bonds. The largest absolute Gasteiger partial charge is 0.257 e. The summed E-state index contributed by atoms with van der Waals surface area (Å²) in [6.45, 7) is 8.20. The van der Waals surface area contributed by atoms with Gasteiger partial charge in [-0.1, -0.05) is 0 Å². The molecule has 0 aromatic carbocycles. The van der Waals surface area contributed by atoms with Gasteiger partial charge in [0.15, 0.2) is 0 Å². The predicted molar refractivity (Wildman–Crippen MR) is 174 cm³/mol. The first kappa shape index (κ1) is 28.2. The number of nitrogens with zero attached hydrogens (tertiary/aromatic N) is 6. The molecule has 6 heteroatoms. The van der Waals surface area contributed by atoms with Crippen LogP contribution in [0.15, 0.2) is 73.3 Å². The third-order valence-electron chi connectivity index (χ3n) is 6.40. The lowest BCUT2D eigenvalue weighted by Gasteiger charge is -2.07. The molecule has 42 heavy (non-hydrogen) atoms. The van der Waals surface area contributed by atoms with Crippen LogP contribution in [0.4, 0.5) is 0 Å². The summed E-state index contributed by atoms with van der Waals surface area (Å²) in [5.41, 5.74) is 10.8. The van der Waals surface area contributed by atoms with Crippen LogP contribution in [-0.4, -0.2) is 29.9 Å². The molecule has 0 N–H and O–H groups in total. The molecule has 0 bridgehead atoms. The van der Waals surface area contributed by atoms with E-state index in [1.54, 1.807) is 24.8 Å². The molecule has 0 radical (unpaired) electrons. The fraction of sp³-hybridized carbons (Fsp3) is 0.111. The number of pyridine rings is 4. The summed E-state index contributed by atoms with van der Waals surface area (Å²) < 4.78 is 0. The molecular formula is C36H32N6. The molecular weight excluding hydrogens is 516 g/mol. The molecule has 6 nitrogen and oxygen atoms in total. The lowest BCUT2D eigenvalue weighted by Crippen LogP contribution is -2.00. The molecule has 206 valence electrons. The van der Waals surface area contributed by atoms with Crippen molar-refractivity contribution in [1.29, 1.82) is 0 Å². The molecule has 5 rings (SSSR count). The Morgan fingerprint density at radius 1 is 0.357 bits per heavy atom. The molecule has 0 fully saturated rings. The van der Waals surface area contributed by atoms with E-state index in [2.05, 4.69) is 19.9 Å². The zero-order valence-corrected chi connectivity index (χ0v) is 24.2. The van der Waals surface area contributed by atoms with E-state index < -0.39 is 0 Å². The number of aryl methyl sites for hydroxylation is 4. The van der Waals surface area contributed by atoms with Gasteiger partial charge >= 0.3 is 0 Å². The zero-order valence-electron chi connectivity index (χ0n) is 24.2. The van der Waals surface area contributed by atoms with Crippen molar-refractivity contribution < 1.29 is 0 Å². The molecule has 5 aromatic heterocycles. The first-order chi connectivity index (χ1) is 20.4. The Hall–Kier alpha value is -5.36. The van der Waals surface area contributed by atoms with Gasteiger partial charge in [0.25, 0.3) is 0 Å². The van der Waals surface area contributed by atoms with Gasteiger partial charge in [-0.3, -0.25) is 19.9 Å². The number of hydrogen-bond acceptors (Lipinski definition) is 6. The van der Waals surface area contributed by atoms with Gasteiger partial charge in [0.2, 0.25) is 0 Å². The summed E-state index contributed by atoms with van der Waals surface area (Å²) in [6.07, 6.45) is 22.9. The van der Waals surface area contributed by atoms with Gasteiger partial charge in [-0.15, -0.1) is 0 Å². The first-order valence-electron chi connectivity index (χ1n) is 13.8. The van der Waals surface area contributed by atoms with Crippen molar-refractivity contribution >= 4 is 48.6 Å². The number of aromatic nitrogens is 6. The highest BCUT2D eigenvalue weighted by atomic mass is 14.8. The van der Waals surface area contributed by atoms with E-state index in [1.165, 1.54) is 0 Å². The smallest absolute Gasteiger partial charge is 0.0895 e. The van der Waals surface area contributed by atoms with Crippen LogP contribution in [0.3, 0.4) is 0 Å². The van der Waals surface area contributed by atoms with Gasteiger partial charge in [0.1, 0.15) is 0 Å². The van der Waals surface area contributed by atoms with Crippen LogP contribution in [0.5, 0.6) is 0 Å². The number of hydrogen-bond donors (Lipinski definition) is 0. The van der Waals surface area contributed by atoms with Gasteiger partial charge in [0.05, 0.1) is 45.6 Å². The van der Waals surface area contributed by atoms with Crippen molar-refractivity contribution in [3.05, 3.63) is 141 Å². The second-order valence-corrected chi connectivity index (χ2v) is 10.1. The second-order valence-electron chi connectivity index (χ2n) is 10.1. The Bertz CT molecular complexity index is 1570. The van der Waals surface area contributed by atoms with E-state index >= 15 is 0 Å². The Morgan fingerprint density at radius 3 is 0.810 bits per heavy atom. The molecule has 0 aliphatic heterocycles. The third kappa shape index (κ3) is 7.86.